The lowest BCUT2D eigenvalue weighted by Crippen LogP contribution is -2.74. The summed E-state index contributed by atoms with van der Waals surface area (Å²) in [6, 6.07) is -1.24. The van der Waals surface area contributed by atoms with Crippen molar-refractivity contribution in [2.75, 3.05) is 43.7 Å². The molecule has 5 N–H and O–H groups in total. The summed E-state index contributed by atoms with van der Waals surface area (Å²) in [7, 11) is 5.96. The molecule has 3 aliphatic rings. The van der Waals surface area contributed by atoms with Crippen molar-refractivity contribution in [3.05, 3.63) is 16.9 Å². The van der Waals surface area contributed by atoms with Crippen molar-refractivity contribution in [3.8, 4) is 5.75 Å². The SMILES string of the molecule is CN(C)c1c(F)c(NC(=O)CBr)c(O)c2c1CC1CC3[C@H](N(C)C)C(=O)C(C(N)=O)C(=O)[C@@]3(O)C(=O)C1C2=O. The molecule has 2 saturated carbocycles. The number of fused-ring (bicyclic) bond motifs is 3. The Kier molecular flexibility index (Phi) is 7.19. The van der Waals surface area contributed by atoms with E-state index in [9.17, 15) is 39.0 Å². The van der Waals surface area contributed by atoms with E-state index in [4.69, 9.17) is 5.73 Å². The summed E-state index contributed by atoms with van der Waals surface area (Å²) in [5.41, 5.74) is 1.35. The second-order valence-electron chi connectivity index (χ2n) is 10.6. The molecule has 0 bridgehead atoms. The normalized spacial score (nSPS) is 30.0. The lowest BCUT2D eigenvalue weighted by Gasteiger charge is -2.52. The van der Waals surface area contributed by atoms with E-state index in [1.165, 1.54) is 38.0 Å². The van der Waals surface area contributed by atoms with Crippen LogP contribution in [0.3, 0.4) is 0 Å². The summed E-state index contributed by atoms with van der Waals surface area (Å²) in [4.78, 5) is 81.0. The van der Waals surface area contributed by atoms with Crippen LogP contribution >= 0.6 is 15.9 Å². The number of aromatic hydroxyl groups is 1. The molecule has 0 aliphatic heterocycles. The Bertz CT molecular complexity index is 1350. The number of ketones is 4. The molecule has 1 aromatic carbocycles. The standard InChI is InChI=1S/C25H28BrFN4O8/c1-30(2)17-9-5-8-6-10-18(31(3)4)21(35)14(24(28)38)23(37)25(10,39)22(36)12(8)19(33)13(9)20(34)16(15(17)27)29-11(32)7-26/h8,10,12,14,18,34,39H,5-7H2,1-4H3,(H2,28,38)(H,29,32)/t8?,10?,12?,14?,18-,25-/m0/s1. The Labute approximate surface area is 230 Å². The molecule has 0 aromatic heterocycles. The number of benzene rings is 1. The number of hydrogen-bond donors (Lipinski definition) is 4. The van der Waals surface area contributed by atoms with Crippen molar-refractivity contribution in [1.82, 2.24) is 4.90 Å². The van der Waals surface area contributed by atoms with Crippen LogP contribution in [-0.2, 0) is 30.4 Å². The number of nitrogens with zero attached hydrogens (tertiary/aromatic N) is 2. The van der Waals surface area contributed by atoms with E-state index in [-0.39, 0.29) is 29.4 Å². The molecule has 0 heterocycles. The quantitative estimate of drug-likeness (QED) is 0.190. The first-order valence-corrected chi connectivity index (χ1v) is 13.2. The van der Waals surface area contributed by atoms with E-state index >= 15 is 4.39 Å². The van der Waals surface area contributed by atoms with Gasteiger partial charge in [-0.15, -0.1) is 0 Å². The van der Waals surface area contributed by atoms with Crippen molar-refractivity contribution in [2.45, 2.75) is 24.5 Å². The number of phenols is 1. The minimum Gasteiger partial charge on any atom is -0.505 e. The first-order chi connectivity index (χ1) is 18.1. The van der Waals surface area contributed by atoms with Gasteiger partial charge in [-0.25, -0.2) is 4.39 Å². The zero-order valence-electron chi connectivity index (χ0n) is 21.6. The fourth-order valence-electron chi connectivity index (χ4n) is 6.44. The van der Waals surface area contributed by atoms with E-state index in [0.29, 0.717) is 0 Å². The third kappa shape index (κ3) is 3.99. The van der Waals surface area contributed by atoms with Crippen molar-refractivity contribution in [2.24, 2.45) is 29.4 Å². The lowest BCUT2D eigenvalue weighted by molar-refractivity contribution is -0.181. The van der Waals surface area contributed by atoms with Crippen LogP contribution in [0.2, 0.25) is 0 Å². The van der Waals surface area contributed by atoms with Crippen LogP contribution in [0.1, 0.15) is 22.3 Å². The minimum absolute atomic E-state index is 0.0845. The van der Waals surface area contributed by atoms with Gasteiger partial charge in [-0.3, -0.25) is 33.7 Å². The van der Waals surface area contributed by atoms with Crippen molar-refractivity contribution < 1.29 is 43.4 Å². The Hall–Kier alpha value is -3.23. The fraction of sp³-hybridized carbons (Fsp3) is 0.520. The largest absolute Gasteiger partial charge is 0.505 e. The van der Waals surface area contributed by atoms with E-state index in [1.54, 1.807) is 0 Å². The van der Waals surface area contributed by atoms with E-state index in [2.05, 4.69) is 21.2 Å². The number of rotatable bonds is 5. The van der Waals surface area contributed by atoms with Crippen LogP contribution in [0, 0.1) is 29.5 Å². The molecule has 14 heteroatoms. The average Bonchev–Trinajstić information content (AvgIpc) is 2.83. The van der Waals surface area contributed by atoms with Crippen LogP contribution in [0.4, 0.5) is 15.8 Å². The van der Waals surface area contributed by atoms with Gasteiger partial charge >= 0.3 is 0 Å². The number of nitrogens with two attached hydrogens (primary N) is 1. The maximum absolute atomic E-state index is 15.6. The highest BCUT2D eigenvalue weighted by molar-refractivity contribution is 9.09. The topological polar surface area (TPSA) is 187 Å². The van der Waals surface area contributed by atoms with Crippen LogP contribution in [0.15, 0.2) is 0 Å². The number of aliphatic hydroxyl groups is 1. The van der Waals surface area contributed by atoms with Gasteiger partial charge in [0.1, 0.15) is 5.69 Å². The molecule has 6 atom stereocenters. The van der Waals surface area contributed by atoms with Crippen LogP contribution in [0.5, 0.6) is 5.75 Å². The first-order valence-electron chi connectivity index (χ1n) is 12.1. The maximum Gasteiger partial charge on any atom is 0.235 e. The molecule has 39 heavy (non-hydrogen) atoms. The summed E-state index contributed by atoms with van der Waals surface area (Å²) >= 11 is 2.93. The highest BCUT2D eigenvalue weighted by atomic mass is 79.9. The van der Waals surface area contributed by atoms with Crippen LogP contribution in [-0.4, -0.2) is 95.2 Å². The number of halogens is 2. The Morgan fingerprint density at radius 2 is 1.77 bits per heavy atom. The number of nitrogens with one attached hydrogen (secondary N) is 1. The number of alkyl halides is 1. The highest BCUT2D eigenvalue weighted by Crippen LogP contribution is 2.53. The van der Waals surface area contributed by atoms with Gasteiger partial charge in [0, 0.05) is 20.0 Å². The molecule has 4 rings (SSSR count). The van der Waals surface area contributed by atoms with Crippen LogP contribution < -0.4 is 16.0 Å². The van der Waals surface area contributed by atoms with Crippen molar-refractivity contribution >= 4 is 62.3 Å². The highest BCUT2D eigenvalue weighted by Gasteiger charge is 2.69. The summed E-state index contributed by atoms with van der Waals surface area (Å²) < 4.78 is 15.6. The van der Waals surface area contributed by atoms with E-state index in [1.807, 2.05) is 0 Å². The van der Waals surface area contributed by atoms with E-state index in [0.717, 1.165) is 0 Å². The Morgan fingerprint density at radius 1 is 1.15 bits per heavy atom. The van der Waals surface area contributed by atoms with Gasteiger partial charge in [0.25, 0.3) is 0 Å². The minimum atomic E-state index is -2.87. The molecule has 2 amide bonds. The molecular formula is C25H28BrFN4O8. The number of amides is 2. The molecule has 0 saturated heterocycles. The molecule has 210 valence electrons. The molecule has 4 unspecified atom stereocenters. The zero-order chi connectivity index (χ0) is 29.3. The van der Waals surface area contributed by atoms with Gasteiger partial charge in [0.2, 0.25) is 11.8 Å². The van der Waals surface area contributed by atoms with Gasteiger partial charge in [-0.1, -0.05) is 15.9 Å². The fourth-order valence-corrected chi connectivity index (χ4v) is 6.58. The average molecular weight is 611 g/mol. The number of anilines is 2. The molecular weight excluding hydrogens is 583 g/mol. The molecule has 12 nitrogen and oxygen atoms in total. The Balaban J connectivity index is 1.93. The predicted molar refractivity (Wildman–Crippen MR) is 138 cm³/mol. The number of likely N-dealkylation sites (N-methyl/N-ethyl adjacent to an activating group) is 1. The predicted octanol–water partition coefficient (Wildman–Crippen LogP) is -0.594. The van der Waals surface area contributed by atoms with Gasteiger partial charge < -0.3 is 26.2 Å². The zero-order valence-corrected chi connectivity index (χ0v) is 23.2. The third-order valence-corrected chi connectivity index (χ3v) is 8.48. The van der Waals surface area contributed by atoms with E-state index < -0.39 is 93.1 Å². The first kappa shape index (κ1) is 28.8. The lowest BCUT2D eigenvalue weighted by atomic mass is 9.52. The molecule has 0 radical (unpaired) electrons. The third-order valence-electron chi connectivity index (χ3n) is 7.98. The van der Waals surface area contributed by atoms with Gasteiger partial charge in [0.05, 0.1) is 28.5 Å². The van der Waals surface area contributed by atoms with Crippen molar-refractivity contribution in [3.63, 3.8) is 0 Å². The summed E-state index contributed by atoms with van der Waals surface area (Å²) in [5.74, 6) is -14.2. The number of primary amides is 1. The number of Topliss-reactive ketones (excluding diaryl/α,β-unsaturated/α-hetero) is 4. The monoisotopic (exact) mass is 610 g/mol. The number of hydrogen-bond acceptors (Lipinski definition) is 10. The second-order valence-corrected chi connectivity index (χ2v) is 11.2. The van der Waals surface area contributed by atoms with Crippen LogP contribution in [0.25, 0.3) is 0 Å². The summed E-state index contributed by atoms with van der Waals surface area (Å²) in [6.45, 7) is 0. The Morgan fingerprint density at radius 3 is 2.28 bits per heavy atom. The molecule has 0 spiro atoms. The number of phenolic OH excluding ortho intramolecular Hbond substituents is 1. The summed E-state index contributed by atoms with van der Waals surface area (Å²) in [6.07, 6.45) is -0.280. The number of carbonyl (C=O) groups is 6. The second kappa shape index (κ2) is 9.75. The molecule has 2 fully saturated rings. The van der Waals surface area contributed by atoms with Gasteiger partial charge in [0.15, 0.2) is 46.2 Å². The molecule has 1 aromatic rings. The van der Waals surface area contributed by atoms with Gasteiger partial charge in [-0.2, -0.15) is 0 Å². The smallest absolute Gasteiger partial charge is 0.235 e. The van der Waals surface area contributed by atoms with Gasteiger partial charge in [-0.05, 0) is 38.4 Å². The maximum atomic E-state index is 15.6. The summed E-state index contributed by atoms with van der Waals surface area (Å²) in [5, 5.41) is 24.6. The number of carbonyl (C=O) groups excluding carboxylic acids is 6. The molecule has 3 aliphatic carbocycles. The van der Waals surface area contributed by atoms with Crippen molar-refractivity contribution in [1.29, 1.82) is 0 Å².